The molecule has 2 rings (SSSR count). The molecule has 0 radical (unpaired) electrons. The van der Waals surface area contributed by atoms with E-state index in [9.17, 15) is 4.79 Å². The fraction of sp³-hybridized carbons (Fsp3) is 0.353. The van der Waals surface area contributed by atoms with E-state index in [-0.39, 0.29) is 11.8 Å². The van der Waals surface area contributed by atoms with Crippen LogP contribution in [0.3, 0.4) is 0 Å². The van der Waals surface area contributed by atoms with Crippen LogP contribution in [0.5, 0.6) is 0 Å². The summed E-state index contributed by atoms with van der Waals surface area (Å²) in [7, 11) is 1.88. The summed E-state index contributed by atoms with van der Waals surface area (Å²) in [4.78, 5) is 15.4. The van der Waals surface area contributed by atoms with Crippen LogP contribution < -0.4 is 5.73 Å². The summed E-state index contributed by atoms with van der Waals surface area (Å²) in [5.74, 6) is 0.401. The van der Waals surface area contributed by atoms with Gasteiger partial charge in [-0.3, -0.25) is 4.79 Å². The van der Waals surface area contributed by atoms with Gasteiger partial charge in [-0.2, -0.15) is 0 Å². The SMILES string of the molecule is CC(CC(=O)N(C)CCc1cccs1)c1ccc(N)cc1. The molecule has 0 fully saturated rings. The van der Waals surface area contributed by atoms with Crippen molar-refractivity contribution >= 4 is 22.9 Å². The smallest absolute Gasteiger partial charge is 0.222 e. The molecule has 1 aromatic carbocycles. The Kier molecular flexibility index (Phi) is 5.39. The first kappa shape index (κ1) is 15.6. The lowest BCUT2D eigenvalue weighted by Crippen LogP contribution is -2.29. The molecule has 3 nitrogen and oxygen atoms in total. The van der Waals surface area contributed by atoms with Crippen molar-refractivity contribution in [2.45, 2.75) is 25.7 Å². The van der Waals surface area contributed by atoms with Crippen molar-refractivity contribution in [1.82, 2.24) is 4.90 Å². The zero-order chi connectivity index (χ0) is 15.2. The number of nitrogen functional groups attached to an aromatic ring is 1. The number of hydrogen-bond acceptors (Lipinski definition) is 3. The highest BCUT2D eigenvalue weighted by atomic mass is 32.1. The highest BCUT2D eigenvalue weighted by Gasteiger charge is 2.14. The highest BCUT2D eigenvalue weighted by Crippen LogP contribution is 2.21. The Bertz CT molecular complexity index is 563. The van der Waals surface area contributed by atoms with Crippen LogP contribution in [-0.2, 0) is 11.2 Å². The van der Waals surface area contributed by atoms with E-state index in [0.29, 0.717) is 6.42 Å². The van der Waals surface area contributed by atoms with E-state index in [1.165, 1.54) is 4.88 Å². The van der Waals surface area contributed by atoms with Crippen LogP contribution in [0.2, 0.25) is 0 Å². The number of rotatable bonds is 6. The van der Waals surface area contributed by atoms with Gasteiger partial charge < -0.3 is 10.6 Å². The minimum absolute atomic E-state index is 0.191. The van der Waals surface area contributed by atoms with Crippen molar-refractivity contribution in [2.24, 2.45) is 0 Å². The Morgan fingerprint density at radius 2 is 2.00 bits per heavy atom. The minimum Gasteiger partial charge on any atom is -0.399 e. The van der Waals surface area contributed by atoms with Crippen molar-refractivity contribution in [3.63, 3.8) is 0 Å². The van der Waals surface area contributed by atoms with Crippen molar-refractivity contribution < 1.29 is 4.79 Å². The standard InChI is InChI=1S/C17H22N2OS/c1-13(14-5-7-15(18)8-6-14)12-17(20)19(2)10-9-16-4-3-11-21-16/h3-8,11,13H,9-10,12,18H2,1-2H3. The maximum absolute atomic E-state index is 12.3. The lowest BCUT2D eigenvalue weighted by molar-refractivity contribution is -0.130. The zero-order valence-corrected chi connectivity index (χ0v) is 13.4. The number of thiophene rings is 1. The van der Waals surface area contributed by atoms with Crippen LogP contribution in [0, 0.1) is 0 Å². The average Bonchev–Trinajstić information content (AvgIpc) is 2.98. The summed E-state index contributed by atoms with van der Waals surface area (Å²) in [6.07, 6.45) is 1.46. The van der Waals surface area contributed by atoms with Gasteiger partial charge in [0.1, 0.15) is 0 Å². The van der Waals surface area contributed by atoms with Gasteiger partial charge in [0, 0.05) is 30.6 Å². The Balaban J connectivity index is 1.83. The lowest BCUT2D eigenvalue weighted by atomic mass is 9.97. The van der Waals surface area contributed by atoms with Crippen LogP contribution in [0.15, 0.2) is 41.8 Å². The van der Waals surface area contributed by atoms with Crippen LogP contribution >= 0.6 is 11.3 Å². The molecular weight excluding hydrogens is 280 g/mol. The first-order valence-electron chi connectivity index (χ1n) is 7.18. The van der Waals surface area contributed by atoms with Gasteiger partial charge >= 0.3 is 0 Å². The Morgan fingerprint density at radius 1 is 1.29 bits per heavy atom. The first-order valence-corrected chi connectivity index (χ1v) is 8.06. The van der Waals surface area contributed by atoms with E-state index in [4.69, 9.17) is 5.73 Å². The molecule has 0 aliphatic rings. The topological polar surface area (TPSA) is 46.3 Å². The second kappa shape index (κ2) is 7.27. The van der Waals surface area contributed by atoms with E-state index in [1.54, 1.807) is 11.3 Å². The Labute approximate surface area is 130 Å². The molecule has 0 aliphatic carbocycles. The second-order valence-electron chi connectivity index (χ2n) is 5.42. The molecule has 1 atom stereocenters. The monoisotopic (exact) mass is 302 g/mol. The molecule has 1 amide bonds. The summed E-state index contributed by atoms with van der Waals surface area (Å²) in [5.41, 5.74) is 7.60. The molecule has 0 spiro atoms. The summed E-state index contributed by atoms with van der Waals surface area (Å²) < 4.78 is 0. The maximum atomic E-state index is 12.3. The molecule has 1 heterocycles. The lowest BCUT2D eigenvalue weighted by Gasteiger charge is -2.19. The third kappa shape index (κ3) is 4.60. The molecule has 2 N–H and O–H groups in total. The summed E-state index contributed by atoms with van der Waals surface area (Å²) in [6.45, 7) is 2.85. The first-order chi connectivity index (χ1) is 10.1. The Morgan fingerprint density at radius 3 is 2.62 bits per heavy atom. The molecule has 4 heteroatoms. The fourth-order valence-electron chi connectivity index (χ4n) is 2.22. The molecule has 0 saturated carbocycles. The van der Waals surface area contributed by atoms with E-state index in [2.05, 4.69) is 18.4 Å². The van der Waals surface area contributed by atoms with Gasteiger partial charge in [-0.15, -0.1) is 11.3 Å². The van der Waals surface area contributed by atoms with Crippen LogP contribution in [0.1, 0.15) is 29.7 Å². The number of likely N-dealkylation sites (N-methyl/N-ethyl adjacent to an activating group) is 1. The van der Waals surface area contributed by atoms with Gasteiger partial charge in [0.05, 0.1) is 0 Å². The quantitative estimate of drug-likeness (QED) is 0.830. The number of benzene rings is 1. The van der Waals surface area contributed by atoms with Gasteiger partial charge in [-0.25, -0.2) is 0 Å². The van der Waals surface area contributed by atoms with E-state index in [0.717, 1.165) is 24.2 Å². The van der Waals surface area contributed by atoms with Gasteiger partial charge in [0.15, 0.2) is 0 Å². The Hall–Kier alpha value is -1.81. The number of anilines is 1. The number of nitrogens with zero attached hydrogens (tertiary/aromatic N) is 1. The molecule has 1 aromatic heterocycles. The van der Waals surface area contributed by atoms with E-state index in [1.807, 2.05) is 42.3 Å². The molecule has 0 saturated heterocycles. The summed E-state index contributed by atoms with van der Waals surface area (Å²) in [6, 6.07) is 11.9. The molecule has 0 bridgehead atoms. The molecule has 112 valence electrons. The van der Waals surface area contributed by atoms with E-state index >= 15 is 0 Å². The number of carbonyl (C=O) groups excluding carboxylic acids is 1. The number of hydrogen-bond donors (Lipinski definition) is 1. The maximum Gasteiger partial charge on any atom is 0.222 e. The number of amides is 1. The average molecular weight is 302 g/mol. The summed E-state index contributed by atoms with van der Waals surface area (Å²) in [5, 5.41) is 2.07. The van der Waals surface area contributed by atoms with E-state index < -0.39 is 0 Å². The van der Waals surface area contributed by atoms with Crippen molar-refractivity contribution in [3.05, 3.63) is 52.2 Å². The predicted molar refractivity (Wildman–Crippen MR) is 89.5 cm³/mol. The van der Waals surface area contributed by atoms with Gasteiger partial charge in [-0.1, -0.05) is 25.1 Å². The normalized spacial score (nSPS) is 12.1. The largest absolute Gasteiger partial charge is 0.399 e. The number of nitrogens with two attached hydrogens (primary N) is 1. The van der Waals surface area contributed by atoms with Gasteiger partial charge in [0.2, 0.25) is 5.91 Å². The molecule has 2 aromatic rings. The molecular formula is C17H22N2OS. The number of carbonyl (C=O) groups is 1. The third-order valence-corrected chi connectivity index (χ3v) is 4.62. The fourth-order valence-corrected chi connectivity index (χ4v) is 2.92. The van der Waals surface area contributed by atoms with Crippen LogP contribution in [-0.4, -0.2) is 24.4 Å². The minimum atomic E-state index is 0.191. The van der Waals surface area contributed by atoms with Crippen LogP contribution in [0.4, 0.5) is 5.69 Å². The zero-order valence-electron chi connectivity index (χ0n) is 12.6. The summed E-state index contributed by atoms with van der Waals surface area (Å²) >= 11 is 1.74. The molecule has 21 heavy (non-hydrogen) atoms. The second-order valence-corrected chi connectivity index (χ2v) is 6.45. The van der Waals surface area contributed by atoms with Crippen molar-refractivity contribution in [1.29, 1.82) is 0 Å². The van der Waals surface area contributed by atoms with Gasteiger partial charge in [-0.05, 0) is 41.5 Å². The van der Waals surface area contributed by atoms with Crippen molar-refractivity contribution in [2.75, 3.05) is 19.3 Å². The molecule has 1 unspecified atom stereocenters. The predicted octanol–water partition coefficient (Wildman–Crippen LogP) is 3.53. The van der Waals surface area contributed by atoms with Crippen molar-refractivity contribution in [3.8, 4) is 0 Å². The highest BCUT2D eigenvalue weighted by molar-refractivity contribution is 7.09. The molecule has 0 aliphatic heterocycles. The van der Waals surface area contributed by atoms with Crippen LogP contribution in [0.25, 0.3) is 0 Å². The van der Waals surface area contributed by atoms with Gasteiger partial charge in [0.25, 0.3) is 0 Å². The third-order valence-electron chi connectivity index (χ3n) is 3.69.